The fraction of sp³-hybridized carbons (Fsp3) is 0.273. The molecule has 0 aliphatic heterocycles. The molecule has 0 bridgehead atoms. The minimum absolute atomic E-state index is 0.162. The van der Waals surface area contributed by atoms with Gasteiger partial charge in [0.2, 0.25) is 0 Å². The van der Waals surface area contributed by atoms with Gasteiger partial charge in [0, 0.05) is 5.56 Å². The molecule has 1 aromatic heterocycles. The molecule has 6 heteroatoms. The van der Waals surface area contributed by atoms with Gasteiger partial charge < -0.3 is 10.5 Å². The van der Waals surface area contributed by atoms with Crippen LogP contribution in [0.5, 0.6) is 5.75 Å². The lowest BCUT2D eigenvalue weighted by molar-refractivity contribution is 0.387. The van der Waals surface area contributed by atoms with E-state index in [4.69, 9.17) is 10.5 Å². The second-order valence-electron chi connectivity index (χ2n) is 3.68. The molecule has 1 aromatic carbocycles. The molecule has 0 saturated carbocycles. The van der Waals surface area contributed by atoms with Crippen molar-refractivity contribution < 1.29 is 9.13 Å². The van der Waals surface area contributed by atoms with Gasteiger partial charge in [-0.05, 0) is 25.1 Å². The number of rotatable bonds is 3. The van der Waals surface area contributed by atoms with Crippen molar-refractivity contribution in [2.24, 2.45) is 5.73 Å². The van der Waals surface area contributed by atoms with Crippen molar-refractivity contribution >= 4 is 0 Å². The zero-order valence-corrected chi connectivity index (χ0v) is 9.57. The molecule has 0 saturated heterocycles. The fourth-order valence-electron chi connectivity index (χ4n) is 1.41. The van der Waals surface area contributed by atoms with Crippen LogP contribution in [0.4, 0.5) is 4.39 Å². The highest BCUT2D eigenvalue weighted by Gasteiger charge is 2.11. The molecule has 1 heterocycles. The molecule has 3 N–H and O–H groups in total. The van der Waals surface area contributed by atoms with Crippen molar-refractivity contribution in [3.8, 4) is 17.1 Å². The van der Waals surface area contributed by atoms with Gasteiger partial charge in [-0.1, -0.05) is 0 Å². The zero-order valence-electron chi connectivity index (χ0n) is 9.57. The Morgan fingerprint density at radius 3 is 2.82 bits per heavy atom. The number of ether oxygens (including phenoxy) is 1. The highest BCUT2D eigenvalue weighted by Crippen LogP contribution is 2.24. The SMILES string of the molecule is COc1cc(-c2n[nH]c(C(C)N)n2)ccc1F. The highest BCUT2D eigenvalue weighted by atomic mass is 19.1. The van der Waals surface area contributed by atoms with Crippen molar-refractivity contribution in [2.75, 3.05) is 7.11 Å². The van der Waals surface area contributed by atoms with E-state index in [-0.39, 0.29) is 11.8 Å². The van der Waals surface area contributed by atoms with Crippen molar-refractivity contribution in [1.82, 2.24) is 15.2 Å². The van der Waals surface area contributed by atoms with Crippen LogP contribution in [0, 0.1) is 5.82 Å². The van der Waals surface area contributed by atoms with Crippen LogP contribution >= 0.6 is 0 Å². The number of hydrogen-bond acceptors (Lipinski definition) is 4. The van der Waals surface area contributed by atoms with Crippen molar-refractivity contribution in [3.05, 3.63) is 29.8 Å². The number of methoxy groups -OCH3 is 1. The highest BCUT2D eigenvalue weighted by molar-refractivity contribution is 5.57. The standard InChI is InChI=1S/C11H13FN4O/c1-6(13)10-14-11(16-15-10)7-3-4-8(12)9(5-7)17-2/h3-6H,13H2,1-2H3,(H,14,15,16). The summed E-state index contributed by atoms with van der Waals surface area (Å²) >= 11 is 0. The summed E-state index contributed by atoms with van der Waals surface area (Å²) in [6, 6.07) is 4.23. The number of halogens is 1. The Morgan fingerprint density at radius 1 is 1.47 bits per heavy atom. The average molecular weight is 236 g/mol. The number of nitrogens with one attached hydrogen (secondary N) is 1. The molecule has 90 valence electrons. The minimum Gasteiger partial charge on any atom is -0.494 e. The number of nitrogens with two attached hydrogens (primary N) is 1. The Bertz CT molecular complexity index is 524. The predicted octanol–water partition coefficient (Wildman–Crippen LogP) is 1.64. The van der Waals surface area contributed by atoms with E-state index in [1.165, 1.54) is 13.2 Å². The maximum absolute atomic E-state index is 13.2. The monoisotopic (exact) mass is 236 g/mol. The summed E-state index contributed by atoms with van der Waals surface area (Å²) in [5, 5.41) is 6.75. The minimum atomic E-state index is -0.417. The Kier molecular flexibility index (Phi) is 3.06. The largest absolute Gasteiger partial charge is 0.494 e. The van der Waals surface area contributed by atoms with E-state index >= 15 is 0 Å². The summed E-state index contributed by atoms with van der Waals surface area (Å²) in [6.45, 7) is 1.80. The van der Waals surface area contributed by atoms with Gasteiger partial charge in [0.25, 0.3) is 0 Å². The Balaban J connectivity index is 2.38. The summed E-state index contributed by atoms with van der Waals surface area (Å²) in [4.78, 5) is 4.22. The lowest BCUT2D eigenvalue weighted by Crippen LogP contribution is -2.06. The van der Waals surface area contributed by atoms with E-state index in [9.17, 15) is 4.39 Å². The van der Waals surface area contributed by atoms with Crippen molar-refractivity contribution in [2.45, 2.75) is 13.0 Å². The predicted molar refractivity (Wildman–Crippen MR) is 60.9 cm³/mol. The van der Waals surface area contributed by atoms with Gasteiger partial charge in [0.05, 0.1) is 13.2 Å². The maximum atomic E-state index is 13.2. The Morgan fingerprint density at radius 2 is 2.24 bits per heavy atom. The summed E-state index contributed by atoms with van der Waals surface area (Å²) in [7, 11) is 1.41. The molecular formula is C11H13FN4O. The summed E-state index contributed by atoms with van der Waals surface area (Å²) in [5.74, 6) is 0.799. The zero-order chi connectivity index (χ0) is 12.4. The lowest BCUT2D eigenvalue weighted by Gasteiger charge is -2.02. The average Bonchev–Trinajstić information content (AvgIpc) is 2.79. The van der Waals surface area contributed by atoms with Crippen LogP contribution < -0.4 is 10.5 Å². The first-order valence-electron chi connectivity index (χ1n) is 5.13. The van der Waals surface area contributed by atoms with Crippen molar-refractivity contribution in [1.29, 1.82) is 0 Å². The molecule has 0 fully saturated rings. The van der Waals surface area contributed by atoms with Gasteiger partial charge in [-0.25, -0.2) is 9.37 Å². The first kappa shape index (κ1) is 11.5. The number of aromatic amines is 1. The van der Waals surface area contributed by atoms with Crippen LogP contribution in [0.25, 0.3) is 11.4 Å². The molecule has 1 unspecified atom stereocenters. The summed E-state index contributed by atoms with van der Waals surface area (Å²) < 4.78 is 18.1. The molecule has 1 atom stereocenters. The van der Waals surface area contributed by atoms with Crippen LogP contribution in [0.2, 0.25) is 0 Å². The normalized spacial score (nSPS) is 12.5. The van der Waals surface area contributed by atoms with E-state index in [1.54, 1.807) is 19.1 Å². The molecule has 0 radical (unpaired) electrons. The van der Waals surface area contributed by atoms with Gasteiger partial charge in [0.15, 0.2) is 17.4 Å². The molecule has 5 nitrogen and oxygen atoms in total. The lowest BCUT2D eigenvalue weighted by atomic mass is 10.2. The third-order valence-corrected chi connectivity index (χ3v) is 2.34. The maximum Gasteiger partial charge on any atom is 0.181 e. The summed E-state index contributed by atoms with van der Waals surface area (Å²) in [6.07, 6.45) is 0. The van der Waals surface area contributed by atoms with Gasteiger partial charge >= 0.3 is 0 Å². The van der Waals surface area contributed by atoms with Crippen molar-refractivity contribution in [3.63, 3.8) is 0 Å². The fourth-order valence-corrected chi connectivity index (χ4v) is 1.41. The quantitative estimate of drug-likeness (QED) is 0.849. The third kappa shape index (κ3) is 2.26. The smallest absolute Gasteiger partial charge is 0.181 e. The van der Waals surface area contributed by atoms with Crippen LogP contribution in [-0.4, -0.2) is 22.3 Å². The molecular weight excluding hydrogens is 223 g/mol. The van der Waals surface area contributed by atoms with E-state index in [2.05, 4.69) is 15.2 Å². The number of H-pyrrole nitrogens is 1. The molecule has 0 aliphatic carbocycles. The molecule has 0 spiro atoms. The van der Waals surface area contributed by atoms with Gasteiger partial charge in [-0.15, -0.1) is 0 Å². The van der Waals surface area contributed by atoms with E-state index in [0.717, 1.165) is 0 Å². The summed E-state index contributed by atoms with van der Waals surface area (Å²) in [5.41, 5.74) is 6.34. The molecule has 0 amide bonds. The van der Waals surface area contributed by atoms with Crippen LogP contribution in [0.1, 0.15) is 18.8 Å². The van der Waals surface area contributed by atoms with E-state index in [0.29, 0.717) is 17.2 Å². The van der Waals surface area contributed by atoms with Gasteiger partial charge in [-0.2, -0.15) is 5.10 Å². The number of aromatic nitrogens is 3. The van der Waals surface area contributed by atoms with Crippen LogP contribution in [0.3, 0.4) is 0 Å². The van der Waals surface area contributed by atoms with E-state index in [1.807, 2.05) is 0 Å². The first-order valence-corrected chi connectivity index (χ1v) is 5.13. The Hall–Kier alpha value is -1.95. The number of hydrogen-bond donors (Lipinski definition) is 2. The van der Waals surface area contributed by atoms with E-state index < -0.39 is 5.82 Å². The van der Waals surface area contributed by atoms with Gasteiger partial charge in [0.1, 0.15) is 5.82 Å². The third-order valence-electron chi connectivity index (χ3n) is 2.34. The second kappa shape index (κ2) is 4.50. The molecule has 0 aliphatic rings. The Labute approximate surface area is 97.8 Å². The van der Waals surface area contributed by atoms with Gasteiger partial charge in [-0.3, -0.25) is 5.10 Å². The molecule has 2 rings (SSSR count). The van der Waals surface area contributed by atoms with Crippen LogP contribution in [0.15, 0.2) is 18.2 Å². The number of benzene rings is 1. The first-order chi connectivity index (χ1) is 8.11. The topological polar surface area (TPSA) is 76.8 Å². The number of nitrogens with zero attached hydrogens (tertiary/aromatic N) is 2. The molecule has 17 heavy (non-hydrogen) atoms. The second-order valence-corrected chi connectivity index (χ2v) is 3.68. The van der Waals surface area contributed by atoms with Crippen LogP contribution in [-0.2, 0) is 0 Å². The molecule has 2 aromatic rings.